The minimum Gasteiger partial charge on any atom is -0.481 e. The second kappa shape index (κ2) is 7.02. The number of nitrogens with zero attached hydrogens (tertiary/aromatic N) is 1. The minimum atomic E-state index is -1.01. The van der Waals surface area contributed by atoms with E-state index >= 15 is 0 Å². The number of amides is 1. The molecule has 1 fully saturated rings. The second-order valence-electron chi connectivity index (χ2n) is 6.48. The van der Waals surface area contributed by atoms with Crippen LogP contribution in [0.1, 0.15) is 48.2 Å². The summed E-state index contributed by atoms with van der Waals surface area (Å²) in [4.78, 5) is 25.5. The molecule has 0 radical (unpaired) electrons. The molecule has 5 heteroatoms. The quantitative estimate of drug-likeness (QED) is 0.906. The number of likely N-dealkylation sites (tertiary alicyclic amines) is 1. The van der Waals surface area contributed by atoms with Gasteiger partial charge in [-0.15, -0.1) is 0 Å². The predicted molar refractivity (Wildman–Crippen MR) is 87.9 cm³/mol. The summed E-state index contributed by atoms with van der Waals surface area (Å²) in [6.07, 6.45) is 2.02. The fraction of sp³-hybridized carbons (Fsp3) is 0.556. The lowest BCUT2D eigenvalue weighted by atomic mass is 10.0. The Morgan fingerprint density at radius 2 is 1.91 bits per heavy atom. The van der Waals surface area contributed by atoms with E-state index in [-0.39, 0.29) is 12.5 Å². The Morgan fingerprint density at radius 1 is 1.30 bits per heavy atom. The van der Waals surface area contributed by atoms with Crippen LogP contribution in [-0.4, -0.2) is 41.1 Å². The van der Waals surface area contributed by atoms with Gasteiger partial charge < -0.3 is 14.7 Å². The van der Waals surface area contributed by atoms with Gasteiger partial charge in [0.1, 0.15) is 5.75 Å². The number of aliphatic carboxylic acids is 1. The van der Waals surface area contributed by atoms with Gasteiger partial charge in [0, 0.05) is 18.2 Å². The van der Waals surface area contributed by atoms with Crippen molar-refractivity contribution < 1.29 is 19.4 Å². The number of hydrogen-bond donors (Lipinski definition) is 1. The third-order valence-corrected chi connectivity index (χ3v) is 4.40. The smallest absolute Gasteiger partial charge is 0.341 e. The lowest BCUT2D eigenvalue weighted by Crippen LogP contribution is -2.35. The molecule has 2 rings (SSSR count). The number of benzene rings is 1. The van der Waals surface area contributed by atoms with Crippen molar-refractivity contribution in [2.24, 2.45) is 5.92 Å². The second-order valence-corrected chi connectivity index (χ2v) is 6.48. The van der Waals surface area contributed by atoms with Gasteiger partial charge in [-0.2, -0.15) is 0 Å². The molecule has 2 unspecified atom stereocenters. The van der Waals surface area contributed by atoms with Crippen LogP contribution in [0.25, 0.3) is 0 Å². The van der Waals surface area contributed by atoms with Crippen molar-refractivity contribution in [3.63, 3.8) is 0 Å². The zero-order chi connectivity index (χ0) is 17.1. The van der Waals surface area contributed by atoms with Crippen LogP contribution in [0.2, 0.25) is 0 Å². The molecule has 23 heavy (non-hydrogen) atoms. The van der Waals surface area contributed by atoms with E-state index in [1.807, 2.05) is 18.7 Å². The Hall–Kier alpha value is -2.04. The number of carbonyl (C=O) groups is 2. The molecule has 2 atom stereocenters. The van der Waals surface area contributed by atoms with E-state index in [4.69, 9.17) is 9.84 Å². The molecule has 0 saturated carbocycles. The first-order valence-electron chi connectivity index (χ1n) is 8.10. The monoisotopic (exact) mass is 319 g/mol. The number of rotatable bonds is 5. The van der Waals surface area contributed by atoms with Crippen molar-refractivity contribution in [3.8, 4) is 5.75 Å². The Labute approximate surface area is 137 Å². The molecule has 1 saturated heterocycles. The van der Waals surface area contributed by atoms with Crippen LogP contribution in [0, 0.1) is 19.8 Å². The van der Waals surface area contributed by atoms with Crippen molar-refractivity contribution in [3.05, 3.63) is 28.8 Å². The Balaban J connectivity index is 2.23. The molecule has 126 valence electrons. The van der Waals surface area contributed by atoms with Gasteiger partial charge in [0.05, 0.1) is 0 Å². The molecule has 0 aliphatic carbocycles. The van der Waals surface area contributed by atoms with Crippen molar-refractivity contribution >= 4 is 11.9 Å². The number of carboxylic acid groups (broad SMARTS) is 1. The summed E-state index contributed by atoms with van der Waals surface area (Å²) < 4.78 is 5.32. The molecule has 1 aliphatic rings. The van der Waals surface area contributed by atoms with E-state index < -0.39 is 5.97 Å². The van der Waals surface area contributed by atoms with Crippen molar-refractivity contribution in [1.29, 1.82) is 0 Å². The van der Waals surface area contributed by atoms with E-state index in [9.17, 15) is 9.59 Å². The zero-order valence-corrected chi connectivity index (χ0v) is 14.3. The van der Waals surface area contributed by atoms with Gasteiger partial charge >= 0.3 is 5.97 Å². The maximum absolute atomic E-state index is 12.8. The first kappa shape index (κ1) is 17.3. The highest BCUT2D eigenvalue weighted by atomic mass is 16.5. The van der Waals surface area contributed by atoms with Gasteiger partial charge in [-0.05, 0) is 55.9 Å². The van der Waals surface area contributed by atoms with Gasteiger partial charge in [0.25, 0.3) is 5.91 Å². The number of aryl methyl sites for hydroxylation is 2. The normalized spacial score (nSPS) is 20.6. The summed E-state index contributed by atoms with van der Waals surface area (Å²) in [7, 11) is 0. The topological polar surface area (TPSA) is 66.8 Å². The van der Waals surface area contributed by atoms with Crippen molar-refractivity contribution in [2.75, 3.05) is 13.2 Å². The molecule has 1 aliphatic heterocycles. The molecule has 0 bridgehead atoms. The molecule has 1 amide bonds. The minimum absolute atomic E-state index is 0.0529. The van der Waals surface area contributed by atoms with Crippen molar-refractivity contribution in [1.82, 2.24) is 4.90 Å². The third-order valence-electron chi connectivity index (χ3n) is 4.40. The number of carboxylic acids is 1. The highest BCUT2D eigenvalue weighted by molar-refractivity contribution is 5.95. The maximum atomic E-state index is 12.8. The third kappa shape index (κ3) is 3.84. The van der Waals surface area contributed by atoms with Gasteiger partial charge in [-0.3, -0.25) is 4.79 Å². The number of ether oxygens (including phenoxy) is 1. The van der Waals surface area contributed by atoms with Crippen LogP contribution in [-0.2, 0) is 4.79 Å². The first-order valence-corrected chi connectivity index (χ1v) is 8.10. The Bertz CT molecular complexity index is 588. The molecular weight excluding hydrogens is 294 g/mol. The summed E-state index contributed by atoms with van der Waals surface area (Å²) in [5, 5.41) is 8.74. The average Bonchev–Trinajstić information content (AvgIpc) is 2.86. The van der Waals surface area contributed by atoms with Crippen LogP contribution in [0.3, 0.4) is 0 Å². The Kier molecular flexibility index (Phi) is 5.29. The van der Waals surface area contributed by atoms with Crippen LogP contribution in [0.4, 0.5) is 0 Å². The van der Waals surface area contributed by atoms with E-state index in [0.717, 1.165) is 30.5 Å². The fourth-order valence-corrected chi connectivity index (χ4v) is 3.39. The lowest BCUT2D eigenvalue weighted by molar-refractivity contribution is -0.139. The number of carbonyl (C=O) groups excluding carboxylic acids is 1. The molecule has 1 N–H and O–H groups in total. The molecular formula is C18H25NO4. The zero-order valence-electron chi connectivity index (χ0n) is 14.3. The van der Waals surface area contributed by atoms with Crippen LogP contribution >= 0.6 is 0 Å². The van der Waals surface area contributed by atoms with Gasteiger partial charge in [-0.1, -0.05) is 13.8 Å². The fourth-order valence-electron chi connectivity index (χ4n) is 3.39. The highest BCUT2D eigenvalue weighted by Gasteiger charge is 2.32. The molecule has 1 aromatic carbocycles. The molecule has 5 nitrogen and oxygen atoms in total. The largest absolute Gasteiger partial charge is 0.481 e. The standard InChI is InChI=1S/C18H25NO4/c1-5-15-6-11(2)9-19(15)18(22)14-7-12(3)17(13(4)8-14)23-10-16(20)21/h7-8,11,15H,5-6,9-10H2,1-4H3,(H,20,21). The van der Waals surface area contributed by atoms with Gasteiger partial charge in [0.15, 0.2) is 6.61 Å². The van der Waals surface area contributed by atoms with Crippen LogP contribution in [0.15, 0.2) is 12.1 Å². The lowest BCUT2D eigenvalue weighted by Gasteiger charge is -2.24. The highest BCUT2D eigenvalue weighted by Crippen LogP contribution is 2.29. The predicted octanol–water partition coefficient (Wildman–Crippen LogP) is 3.03. The first-order chi connectivity index (χ1) is 10.8. The summed E-state index contributed by atoms with van der Waals surface area (Å²) in [5.74, 6) is 0.119. The van der Waals surface area contributed by atoms with E-state index in [1.165, 1.54) is 0 Å². The van der Waals surface area contributed by atoms with E-state index in [2.05, 4.69) is 13.8 Å². The molecule has 0 spiro atoms. The van der Waals surface area contributed by atoms with Gasteiger partial charge in [0.2, 0.25) is 0 Å². The summed E-state index contributed by atoms with van der Waals surface area (Å²) in [6, 6.07) is 3.89. The van der Waals surface area contributed by atoms with Crippen LogP contribution in [0.5, 0.6) is 5.75 Å². The maximum Gasteiger partial charge on any atom is 0.341 e. The van der Waals surface area contributed by atoms with E-state index in [0.29, 0.717) is 23.3 Å². The Morgan fingerprint density at radius 3 is 2.43 bits per heavy atom. The van der Waals surface area contributed by atoms with Gasteiger partial charge in [-0.25, -0.2) is 4.79 Å². The number of hydrogen-bond acceptors (Lipinski definition) is 3. The van der Waals surface area contributed by atoms with Crippen molar-refractivity contribution in [2.45, 2.75) is 46.6 Å². The molecule has 1 heterocycles. The SMILES string of the molecule is CCC1CC(C)CN1C(=O)c1cc(C)c(OCC(=O)O)c(C)c1. The summed E-state index contributed by atoms with van der Waals surface area (Å²) in [5.41, 5.74) is 2.22. The molecule has 0 aromatic heterocycles. The molecule has 1 aromatic rings. The van der Waals surface area contributed by atoms with Crippen LogP contribution < -0.4 is 4.74 Å². The summed E-state index contributed by atoms with van der Waals surface area (Å²) in [6.45, 7) is 8.39. The summed E-state index contributed by atoms with van der Waals surface area (Å²) >= 11 is 0. The van der Waals surface area contributed by atoms with E-state index in [1.54, 1.807) is 12.1 Å². The average molecular weight is 319 g/mol.